The van der Waals surface area contributed by atoms with Crippen LogP contribution in [0.25, 0.3) is 0 Å². The molecule has 0 spiro atoms. The Labute approximate surface area is 129 Å². The Morgan fingerprint density at radius 3 is 2.50 bits per heavy atom. The van der Waals surface area contributed by atoms with Crippen molar-refractivity contribution in [1.82, 2.24) is 9.88 Å². The molecule has 120 valence electrons. The minimum Gasteiger partial charge on any atom is -0.444 e. The highest BCUT2D eigenvalue weighted by molar-refractivity contribution is 5.68. The van der Waals surface area contributed by atoms with Gasteiger partial charge >= 0.3 is 6.09 Å². The summed E-state index contributed by atoms with van der Waals surface area (Å²) >= 11 is 0. The first kappa shape index (κ1) is 15.9. The van der Waals surface area contributed by atoms with Gasteiger partial charge in [0.1, 0.15) is 11.7 Å². The van der Waals surface area contributed by atoms with Gasteiger partial charge in [-0.25, -0.2) is 4.79 Å². The van der Waals surface area contributed by atoms with Gasteiger partial charge in [-0.3, -0.25) is 0 Å². The summed E-state index contributed by atoms with van der Waals surface area (Å²) in [6, 6.07) is 2.33. The molecule has 22 heavy (non-hydrogen) atoms. The van der Waals surface area contributed by atoms with E-state index in [4.69, 9.17) is 14.4 Å². The average molecular weight is 307 g/mol. The molecule has 8 heteroatoms. The summed E-state index contributed by atoms with van der Waals surface area (Å²) in [5.74, 6) is 0.440. The molecule has 0 saturated carbocycles. The summed E-state index contributed by atoms with van der Waals surface area (Å²) in [4.78, 5) is 19.6. The van der Waals surface area contributed by atoms with Crippen LogP contribution in [-0.2, 0) is 4.74 Å². The van der Waals surface area contributed by atoms with Gasteiger partial charge in [0.2, 0.25) is 11.6 Å². The smallest absolute Gasteiger partial charge is 0.410 e. The number of ether oxygens (including phenoxy) is 1. The Balaban J connectivity index is 1.99. The molecule has 1 fully saturated rings. The van der Waals surface area contributed by atoms with Gasteiger partial charge in [-0.15, -0.1) is 0 Å². The second-order valence-electron chi connectivity index (χ2n) is 5.99. The Kier molecular flexibility index (Phi) is 4.45. The predicted octanol–water partition coefficient (Wildman–Crippen LogP) is 1.65. The Morgan fingerprint density at radius 2 is 2.00 bits per heavy atom. The number of amides is 1. The summed E-state index contributed by atoms with van der Waals surface area (Å²) < 4.78 is 10.9. The molecule has 0 atom stereocenters. The molecule has 1 aliphatic heterocycles. The third-order valence-corrected chi connectivity index (χ3v) is 3.15. The highest BCUT2D eigenvalue weighted by Gasteiger charge is 2.28. The van der Waals surface area contributed by atoms with E-state index in [-0.39, 0.29) is 11.8 Å². The molecule has 1 aromatic heterocycles. The van der Waals surface area contributed by atoms with Crippen molar-refractivity contribution in [1.29, 1.82) is 5.26 Å². The van der Waals surface area contributed by atoms with E-state index < -0.39 is 5.60 Å². The van der Waals surface area contributed by atoms with Crippen molar-refractivity contribution >= 4 is 18.0 Å². The molecule has 1 N–H and O–H groups in total. The first-order chi connectivity index (χ1) is 10.3. The minimum absolute atomic E-state index is 0.245. The van der Waals surface area contributed by atoms with E-state index in [1.54, 1.807) is 11.9 Å². The number of hydrogen-bond acceptors (Lipinski definition) is 7. The normalized spacial score (nSPS) is 15.4. The van der Waals surface area contributed by atoms with Crippen LogP contribution in [0.2, 0.25) is 0 Å². The fraction of sp³-hybridized carbons (Fsp3) is 0.643. The van der Waals surface area contributed by atoms with Crippen LogP contribution >= 0.6 is 0 Å². The predicted molar refractivity (Wildman–Crippen MR) is 80.8 cm³/mol. The fourth-order valence-electron chi connectivity index (χ4n) is 2.12. The maximum atomic E-state index is 12.0. The van der Waals surface area contributed by atoms with E-state index >= 15 is 0 Å². The second kappa shape index (κ2) is 6.13. The van der Waals surface area contributed by atoms with Crippen molar-refractivity contribution in [3.63, 3.8) is 0 Å². The number of carbonyl (C=O) groups excluding carboxylic acids is 1. The zero-order valence-corrected chi connectivity index (χ0v) is 13.3. The van der Waals surface area contributed by atoms with Crippen LogP contribution in [0.3, 0.4) is 0 Å². The van der Waals surface area contributed by atoms with Crippen molar-refractivity contribution in [2.24, 2.45) is 0 Å². The van der Waals surface area contributed by atoms with Gasteiger partial charge in [-0.1, -0.05) is 0 Å². The molecule has 1 aromatic rings. The molecule has 0 unspecified atom stereocenters. The zero-order chi connectivity index (χ0) is 16.3. The van der Waals surface area contributed by atoms with Gasteiger partial charge in [-0.05, 0) is 20.8 Å². The van der Waals surface area contributed by atoms with Gasteiger partial charge in [-0.2, -0.15) is 10.2 Å². The van der Waals surface area contributed by atoms with E-state index in [9.17, 15) is 4.79 Å². The Morgan fingerprint density at radius 1 is 1.36 bits per heavy atom. The maximum absolute atomic E-state index is 12.0. The van der Waals surface area contributed by atoms with E-state index in [2.05, 4.69) is 10.3 Å². The van der Waals surface area contributed by atoms with Crippen molar-refractivity contribution in [3.05, 3.63) is 5.69 Å². The monoisotopic (exact) mass is 307 g/mol. The Hall–Kier alpha value is -2.43. The molecule has 0 aliphatic carbocycles. The van der Waals surface area contributed by atoms with E-state index in [0.717, 1.165) is 0 Å². The van der Waals surface area contributed by atoms with Crippen LogP contribution in [0.15, 0.2) is 4.42 Å². The third kappa shape index (κ3) is 3.61. The molecule has 1 saturated heterocycles. The van der Waals surface area contributed by atoms with E-state index in [1.807, 2.05) is 31.7 Å². The number of hydrogen-bond donors (Lipinski definition) is 1. The lowest BCUT2D eigenvalue weighted by molar-refractivity contribution is 0.0239. The van der Waals surface area contributed by atoms with E-state index in [1.165, 1.54) is 0 Å². The SMILES string of the molecule is CNc1nc(C#N)c(N2CCN(C(=O)OC(C)(C)C)CC2)o1. The first-order valence-corrected chi connectivity index (χ1v) is 7.15. The standard InChI is InChI=1S/C14H21N5O3/c1-14(2,3)22-13(20)19-7-5-18(6-8-19)11-10(9-15)17-12(16-4)21-11/h5-8H2,1-4H3,(H,16,17). The molecule has 2 rings (SSSR count). The minimum atomic E-state index is -0.505. The number of rotatable bonds is 2. The first-order valence-electron chi connectivity index (χ1n) is 7.15. The van der Waals surface area contributed by atoms with Crippen LogP contribution in [-0.4, -0.2) is 54.8 Å². The molecular formula is C14H21N5O3. The number of nitrogens with one attached hydrogen (secondary N) is 1. The van der Waals surface area contributed by atoms with Crippen molar-refractivity contribution in [3.8, 4) is 6.07 Å². The highest BCUT2D eigenvalue weighted by Crippen LogP contribution is 2.25. The summed E-state index contributed by atoms with van der Waals surface area (Å²) in [6.07, 6.45) is -0.318. The third-order valence-electron chi connectivity index (χ3n) is 3.15. The average Bonchev–Trinajstić information content (AvgIpc) is 2.89. The zero-order valence-electron chi connectivity index (χ0n) is 13.3. The van der Waals surface area contributed by atoms with Crippen LogP contribution in [0.4, 0.5) is 16.7 Å². The summed E-state index contributed by atoms with van der Waals surface area (Å²) in [5.41, 5.74) is -0.260. The molecular weight excluding hydrogens is 286 g/mol. The Bertz CT molecular complexity index is 576. The maximum Gasteiger partial charge on any atom is 0.410 e. The van der Waals surface area contributed by atoms with Gasteiger partial charge < -0.3 is 24.3 Å². The molecule has 0 aromatic carbocycles. The summed E-state index contributed by atoms with van der Waals surface area (Å²) in [5, 5.41) is 11.9. The summed E-state index contributed by atoms with van der Waals surface area (Å²) in [7, 11) is 1.68. The van der Waals surface area contributed by atoms with Crippen LogP contribution in [0.5, 0.6) is 0 Å². The van der Waals surface area contributed by atoms with E-state index in [0.29, 0.717) is 38.1 Å². The highest BCUT2D eigenvalue weighted by atomic mass is 16.6. The molecule has 1 aliphatic rings. The lowest BCUT2D eigenvalue weighted by Crippen LogP contribution is -2.50. The van der Waals surface area contributed by atoms with Crippen molar-refractivity contribution in [2.75, 3.05) is 43.4 Å². The number of anilines is 2. The number of carbonyl (C=O) groups is 1. The molecule has 0 radical (unpaired) electrons. The molecule has 0 bridgehead atoms. The van der Waals surface area contributed by atoms with Gasteiger partial charge in [0.05, 0.1) is 0 Å². The molecule has 1 amide bonds. The lowest BCUT2D eigenvalue weighted by atomic mass is 10.2. The van der Waals surface area contributed by atoms with Crippen LogP contribution < -0.4 is 10.2 Å². The number of nitriles is 1. The number of piperazine rings is 1. The fourth-order valence-corrected chi connectivity index (χ4v) is 2.12. The summed E-state index contributed by atoms with van der Waals surface area (Å²) in [6.45, 7) is 7.67. The molecule has 8 nitrogen and oxygen atoms in total. The number of aromatic nitrogens is 1. The number of oxazole rings is 1. The van der Waals surface area contributed by atoms with Crippen LogP contribution in [0.1, 0.15) is 26.5 Å². The number of nitrogens with zero attached hydrogens (tertiary/aromatic N) is 4. The topological polar surface area (TPSA) is 94.6 Å². The second-order valence-corrected chi connectivity index (χ2v) is 5.99. The quantitative estimate of drug-likeness (QED) is 0.887. The van der Waals surface area contributed by atoms with Crippen molar-refractivity contribution in [2.45, 2.75) is 26.4 Å². The largest absolute Gasteiger partial charge is 0.444 e. The van der Waals surface area contributed by atoms with Gasteiger partial charge in [0.25, 0.3) is 6.01 Å². The van der Waals surface area contributed by atoms with Gasteiger partial charge in [0.15, 0.2) is 0 Å². The van der Waals surface area contributed by atoms with Crippen LogP contribution in [0, 0.1) is 11.3 Å². The van der Waals surface area contributed by atoms with Crippen molar-refractivity contribution < 1.29 is 13.9 Å². The molecule has 2 heterocycles. The van der Waals surface area contributed by atoms with Gasteiger partial charge in [0, 0.05) is 33.2 Å². The lowest BCUT2D eigenvalue weighted by Gasteiger charge is -2.35.